The highest BCUT2D eigenvalue weighted by molar-refractivity contribution is 4.69. The Bertz CT molecular complexity index is 266. The average molecular weight is 385 g/mol. The second-order valence-corrected chi connectivity index (χ2v) is 8.89. The van der Waals surface area contributed by atoms with Crippen LogP contribution in [0.25, 0.3) is 0 Å². The van der Waals surface area contributed by atoms with Crippen LogP contribution in [0.4, 0.5) is 0 Å². The summed E-state index contributed by atoms with van der Waals surface area (Å²) >= 11 is 0. The summed E-state index contributed by atoms with van der Waals surface area (Å²) in [7, 11) is 8.80. The topological polar surface area (TPSA) is 15.7 Å². The van der Waals surface area contributed by atoms with Crippen LogP contribution in [0.1, 0.15) is 104 Å². The Morgan fingerprint density at radius 3 is 1.19 bits per heavy atom. The number of likely N-dealkylation sites (N-methyl/N-ethyl adjacent to an activating group) is 2. The lowest BCUT2D eigenvalue weighted by Crippen LogP contribution is -2.37. The van der Waals surface area contributed by atoms with E-state index in [9.17, 15) is 0 Å². The van der Waals surface area contributed by atoms with Gasteiger partial charge in [0.15, 0.2) is 0 Å². The van der Waals surface area contributed by atoms with Gasteiger partial charge >= 0.3 is 0 Å². The maximum atomic E-state index is 6.19. The fourth-order valence-electron chi connectivity index (χ4n) is 3.64. The first kappa shape index (κ1) is 26.9. The molecule has 0 rings (SSSR count). The van der Waals surface area contributed by atoms with Crippen LogP contribution in [0.15, 0.2) is 0 Å². The minimum absolute atomic E-state index is 0.563. The summed E-state index contributed by atoms with van der Waals surface area (Å²) in [5.41, 5.74) is 0. The van der Waals surface area contributed by atoms with Crippen molar-refractivity contribution in [1.82, 2.24) is 9.80 Å². The molecule has 0 N–H and O–H groups in total. The minimum Gasteiger partial charge on any atom is -0.378 e. The third-order valence-electron chi connectivity index (χ3n) is 5.86. The molecule has 3 nitrogen and oxygen atoms in total. The Morgan fingerprint density at radius 2 is 0.852 bits per heavy atom. The second-order valence-electron chi connectivity index (χ2n) is 8.89. The molecule has 0 radical (unpaired) electrons. The smallest absolute Gasteiger partial charge is 0.0622 e. The van der Waals surface area contributed by atoms with Crippen LogP contribution in [-0.4, -0.2) is 63.3 Å². The van der Waals surface area contributed by atoms with Gasteiger partial charge in [0.25, 0.3) is 0 Å². The molecule has 0 heterocycles. The summed E-state index contributed by atoms with van der Waals surface area (Å²) in [4.78, 5) is 4.70. The minimum atomic E-state index is 0.563. The van der Waals surface area contributed by atoms with Gasteiger partial charge in [0, 0.05) is 12.1 Å². The van der Waals surface area contributed by atoms with Gasteiger partial charge in [-0.2, -0.15) is 0 Å². The molecule has 0 aliphatic carbocycles. The van der Waals surface area contributed by atoms with Crippen LogP contribution in [0.5, 0.6) is 0 Å². The summed E-state index contributed by atoms with van der Waals surface area (Å²) < 4.78 is 6.19. The lowest BCUT2D eigenvalue weighted by Gasteiger charge is -2.28. The summed E-state index contributed by atoms with van der Waals surface area (Å²) in [5.74, 6) is 0. The van der Waals surface area contributed by atoms with E-state index in [4.69, 9.17) is 4.74 Å². The summed E-state index contributed by atoms with van der Waals surface area (Å²) in [6, 6.07) is 1.13. The largest absolute Gasteiger partial charge is 0.378 e. The van der Waals surface area contributed by atoms with E-state index in [0.29, 0.717) is 12.1 Å². The summed E-state index contributed by atoms with van der Waals surface area (Å²) in [6.45, 7) is 6.32. The van der Waals surface area contributed by atoms with Crippen LogP contribution >= 0.6 is 0 Å². The van der Waals surface area contributed by atoms with Gasteiger partial charge in [0.05, 0.1) is 13.2 Å². The van der Waals surface area contributed by atoms with E-state index in [1.54, 1.807) is 0 Å². The standard InChI is InChI=1S/C24H52N2O/c1-7-9-11-13-15-17-19-23(25(3)4)21-27-22-24(26(5)6)20-18-16-14-12-10-8-2/h23-24H,7-22H2,1-6H3. The molecule has 164 valence electrons. The third kappa shape index (κ3) is 16.5. The zero-order chi connectivity index (χ0) is 20.3. The highest BCUT2D eigenvalue weighted by Gasteiger charge is 2.15. The van der Waals surface area contributed by atoms with Crippen molar-refractivity contribution in [2.24, 2.45) is 0 Å². The van der Waals surface area contributed by atoms with Crippen LogP contribution in [0, 0.1) is 0 Å². The maximum Gasteiger partial charge on any atom is 0.0622 e. The van der Waals surface area contributed by atoms with E-state index < -0.39 is 0 Å². The van der Waals surface area contributed by atoms with E-state index in [2.05, 4.69) is 51.8 Å². The Morgan fingerprint density at radius 1 is 0.519 bits per heavy atom. The first-order chi connectivity index (χ1) is 13.0. The number of nitrogens with zero attached hydrogens (tertiary/aromatic N) is 2. The molecular weight excluding hydrogens is 332 g/mol. The molecule has 0 spiro atoms. The number of hydrogen-bond donors (Lipinski definition) is 0. The lowest BCUT2D eigenvalue weighted by atomic mass is 10.0. The molecule has 0 aliphatic rings. The molecule has 2 atom stereocenters. The summed E-state index contributed by atoms with van der Waals surface area (Å²) in [6.07, 6.45) is 19.0. The molecule has 27 heavy (non-hydrogen) atoms. The molecule has 0 aromatic heterocycles. The zero-order valence-corrected chi connectivity index (χ0v) is 19.8. The van der Waals surface area contributed by atoms with Crippen molar-refractivity contribution in [3.8, 4) is 0 Å². The third-order valence-corrected chi connectivity index (χ3v) is 5.86. The number of hydrogen-bond acceptors (Lipinski definition) is 3. The predicted molar refractivity (Wildman–Crippen MR) is 122 cm³/mol. The van der Waals surface area contributed by atoms with Crippen molar-refractivity contribution in [3.63, 3.8) is 0 Å². The average Bonchev–Trinajstić information content (AvgIpc) is 2.63. The number of rotatable bonds is 20. The first-order valence-electron chi connectivity index (χ1n) is 11.9. The molecular formula is C24H52N2O. The Balaban J connectivity index is 3.95. The van der Waals surface area contributed by atoms with Crippen LogP contribution in [0.2, 0.25) is 0 Å². The van der Waals surface area contributed by atoms with E-state index in [1.165, 1.54) is 89.9 Å². The molecule has 2 unspecified atom stereocenters. The zero-order valence-electron chi connectivity index (χ0n) is 19.8. The molecule has 0 aromatic rings. The molecule has 0 bridgehead atoms. The normalized spacial score (nSPS) is 14.2. The molecule has 0 aromatic carbocycles. The van der Waals surface area contributed by atoms with Crippen molar-refractivity contribution in [2.45, 2.75) is 116 Å². The molecule has 0 fully saturated rings. The molecule has 0 aliphatic heterocycles. The predicted octanol–water partition coefficient (Wildman–Crippen LogP) is 6.36. The fraction of sp³-hybridized carbons (Fsp3) is 1.00. The van der Waals surface area contributed by atoms with Gasteiger partial charge in [-0.05, 0) is 41.0 Å². The van der Waals surface area contributed by atoms with Gasteiger partial charge in [0.1, 0.15) is 0 Å². The quantitative estimate of drug-likeness (QED) is 0.227. The van der Waals surface area contributed by atoms with Gasteiger partial charge < -0.3 is 14.5 Å². The Hall–Kier alpha value is -0.120. The maximum absolute atomic E-state index is 6.19. The van der Waals surface area contributed by atoms with Crippen molar-refractivity contribution >= 4 is 0 Å². The van der Waals surface area contributed by atoms with Gasteiger partial charge in [-0.15, -0.1) is 0 Å². The Kier molecular flexibility index (Phi) is 19.1. The highest BCUT2D eigenvalue weighted by Crippen LogP contribution is 2.14. The second kappa shape index (κ2) is 19.2. The van der Waals surface area contributed by atoms with Gasteiger partial charge in [-0.3, -0.25) is 0 Å². The lowest BCUT2D eigenvalue weighted by molar-refractivity contribution is 0.0388. The fourth-order valence-corrected chi connectivity index (χ4v) is 3.64. The van der Waals surface area contributed by atoms with Crippen LogP contribution in [0.3, 0.4) is 0 Å². The van der Waals surface area contributed by atoms with Gasteiger partial charge in [0.2, 0.25) is 0 Å². The van der Waals surface area contributed by atoms with E-state index in [1.807, 2.05) is 0 Å². The van der Waals surface area contributed by atoms with E-state index in [-0.39, 0.29) is 0 Å². The number of ether oxygens (including phenoxy) is 1. The first-order valence-corrected chi connectivity index (χ1v) is 11.9. The number of unbranched alkanes of at least 4 members (excludes halogenated alkanes) is 10. The van der Waals surface area contributed by atoms with E-state index >= 15 is 0 Å². The Labute approximate surface area is 172 Å². The monoisotopic (exact) mass is 384 g/mol. The van der Waals surface area contributed by atoms with Gasteiger partial charge in [-0.25, -0.2) is 0 Å². The highest BCUT2D eigenvalue weighted by atomic mass is 16.5. The van der Waals surface area contributed by atoms with Crippen molar-refractivity contribution < 1.29 is 4.74 Å². The van der Waals surface area contributed by atoms with Gasteiger partial charge in [-0.1, -0.05) is 90.9 Å². The van der Waals surface area contributed by atoms with E-state index in [0.717, 1.165) is 13.2 Å². The molecule has 3 heteroatoms. The van der Waals surface area contributed by atoms with Crippen LogP contribution < -0.4 is 0 Å². The molecule has 0 amide bonds. The SMILES string of the molecule is CCCCCCCCC(COCC(CCCCCCCC)N(C)C)N(C)C. The molecule has 0 saturated carbocycles. The van der Waals surface area contributed by atoms with Crippen molar-refractivity contribution in [2.75, 3.05) is 41.4 Å². The summed E-state index contributed by atoms with van der Waals surface area (Å²) in [5, 5.41) is 0. The van der Waals surface area contributed by atoms with Crippen LogP contribution in [-0.2, 0) is 4.74 Å². The van der Waals surface area contributed by atoms with Crippen molar-refractivity contribution in [3.05, 3.63) is 0 Å². The molecule has 0 saturated heterocycles. The van der Waals surface area contributed by atoms with Crippen molar-refractivity contribution in [1.29, 1.82) is 0 Å².